The van der Waals surface area contributed by atoms with Crippen LogP contribution in [0.25, 0.3) is 0 Å². The van der Waals surface area contributed by atoms with Crippen LogP contribution in [0.3, 0.4) is 0 Å². The van der Waals surface area contributed by atoms with Gasteiger partial charge in [-0.05, 0) is 25.7 Å². The molecule has 0 aromatic rings. The van der Waals surface area contributed by atoms with Gasteiger partial charge in [0.05, 0.1) is 26.4 Å². The standard InChI is InChI=1S/C74H144O17P2/c1-5-9-13-17-21-25-28-30-32-33-34-35-36-37-39-41-45-49-53-57-61-74(79)91-70(65-85-72(77)59-55-51-47-44-40-38-31-29-26-22-18-14-10-6-2)67-89-93(82,83)87-63-68(75)62-86-92(80,81)88-66-69(64-84-71(76)58-54-50-46-42-24-20-16-12-8-4)90-73(78)60-56-52-48-43-27-23-19-15-11-7-3/h68-70,75H,5-67H2,1-4H3,(H,80,81)(H,82,83)/t68-,69+,70+/m0/s1. The summed E-state index contributed by atoms with van der Waals surface area (Å²) < 4.78 is 68.4. The molecule has 93 heavy (non-hydrogen) atoms. The van der Waals surface area contributed by atoms with Crippen molar-refractivity contribution in [2.45, 2.75) is 412 Å². The third-order valence-corrected chi connectivity index (χ3v) is 19.3. The number of phosphoric acid groups is 2. The quantitative estimate of drug-likeness (QED) is 0.0222. The van der Waals surface area contributed by atoms with E-state index in [1.807, 2.05) is 0 Å². The van der Waals surface area contributed by atoms with Crippen molar-refractivity contribution in [1.29, 1.82) is 0 Å². The number of carbonyl (C=O) groups is 4. The van der Waals surface area contributed by atoms with Gasteiger partial charge in [-0.1, -0.05) is 342 Å². The maximum atomic E-state index is 13.1. The van der Waals surface area contributed by atoms with Crippen LogP contribution < -0.4 is 0 Å². The van der Waals surface area contributed by atoms with E-state index >= 15 is 0 Å². The number of esters is 4. The Bertz CT molecular complexity index is 1770. The summed E-state index contributed by atoms with van der Waals surface area (Å²) in [5, 5.41) is 10.6. The summed E-state index contributed by atoms with van der Waals surface area (Å²) in [5.41, 5.74) is 0. The zero-order chi connectivity index (χ0) is 68.2. The van der Waals surface area contributed by atoms with E-state index in [1.165, 1.54) is 225 Å². The Kier molecular flexibility index (Phi) is 67.1. The average Bonchev–Trinajstić information content (AvgIpc) is 3.59. The summed E-state index contributed by atoms with van der Waals surface area (Å²) >= 11 is 0. The highest BCUT2D eigenvalue weighted by Gasteiger charge is 2.30. The second kappa shape index (κ2) is 68.6. The van der Waals surface area contributed by atoms with Crippen molar-refractivity contribution in [2.75, 3.05) is 39.6 Å². The molecule has 0 amide bonds. The molecule has 0 aliphatic carbocycles. The molecule has 0 radical (unpaired) electrons. The Morgan fingerprint density at radius 2 is 0.430 bits per heavy atom. The number of carbonyl (C=O) groups excluding carboxylic acids is 4. The van der Waals surface area contributed by atoms with Crippen LogP contribution in [0.4, 0.5) is 0 Å². The number of phosphoric ester groups is 2. The lowest BCUT2D eigenvalue weighted by atomic mass is 10.0. The normalized spacial score (nSPS) is 13.9. The number of aliphatic hydroxyl groups is 1. The molecule has 0 saturated carbocycles. The molecule has 19 heteroatoms. The molecule has 0 aromatic heterocycles. The van der Waals surface area contributed by atoms with Crippen molar-refractivity contribution >= 4 is 39.5 Å². The molecule has 0 fully saturated rings. The lowest BCUT2D eigenvalue weighted by Crippen LogP contribution is -2.30. The van der Waals surface area contributed by atoms with E-state index in [4.69, 9.17) is 37.0 Å². The van der Waals surface area contributed by atoms with Gasteiger partial charge >= 0.3 is 39.5 Å². The lowest BCUT2D eigenvalue weighted by Gasteiger charge is -2.21. The van der Waals surface area contributed by atoms with Crippen molar-refractivity contribution in [3.8, 4) is 0 Å². The van der Waals surface area contributed by atoms with Crippen LogP contribution in [0.2, 0.25) is 0 Å². The molecule has 0 saturated heterocycles. The zero-order valence-electron chi connectivity index (χ0n) is 60.2. The minimum atomic E-state index is -4.95. The van der Waals surface area contributed by atoms with Gasteiger partial charge in [0.2, 0.25) is 0 Å². The second-order valence-corrected chi connectivity index (χ2v) is 29.6. The number of hydrogen-bond donors (Lipinski definition) is 3. The van der Waals surface area contributed by atoms with Crippen LogP contribution in [0.15, 0.2) is 0 Å². The summed E-state index contributed by atoms with van der Waals surface area (Å²) in [6.07, 6.45) is 58.3. The molecule has 0 heterocycles. The van der Waals surface area contributed by atoms with Gasteiger partial charge in [0.15, 0.2) is 12.2 Å². The van der Waals surface area contributed by atoms with E-state index in [-0.39, 0.29) is 25.7 Å². The molecule has 17 nitrogen and oxygen atoms in total. The third kappa shape index (κ3) is 68.4. The number of ether oxygens (including phenoxy) is 4. The summed E-state index contributed by atoms with van der Waals surface area (Å²) in [6, 6.07) is 0. The van der Waals surface area contributed by atoms with Crippen LogP contribution >= 0.6 is 15.6 Å². The highest BCUT2D eigenvalue weighted by atomic mass is 31.2. The molecule has 0 aliphatic heterocycles. The fourth-order valence-electron chi connectivity index (χ4n) is 11.4. The number of aliphatic hydroxyl groups excluding tert-OH is 1. The Balaban J connectivity index is 5.18. The van der Waals surface area contributed by atoms with Gasteiger partial charge in [0.1, 0.15) is 19.3 Å². The van der Waals surface area contributed by atoms with Crippen LogP contribution in [0.1, 0.15) is 394 Å². The molecular weight excluding hydrogens is 1220 g/mol. The highest BCUT2D eigenvalue weighted by Crippen LogP contribution is 2.45. The molecule has 3 N–H and O–H groups in total. The molecule has 0 aliphatic rings. The first-order chi connectivity index (χ1) is 45.2. The SMILES string of the molecule is CCCCCCCCCCCCCCCCCCCCCCC(=O)O[C@H](COC(=O)CCCCCCCCCCCCCCCC)COP(=O)(O)OC[C@@H](O)COP(=O)(O)OC[C@@H](COC(=O)CCCCCCCCCCC)OC(=O)CCCCCCCCCCCC. The number of rotatable bonds is 75. The van der Waals surface area contributed by atoms with E-state index in [0.29, 0.717) is 25.7 Å². The smallest absolute Gasteiger partial charge is 0.462 e. The summed E-state index contributed by atoms with van der Waals surface area (Å²) in [5.74, 6) is -2.12. The molecule has 0 aromatic carbocycles. The third-order valence-electron chi connectivity index (χ3n) is 17.4. The van der Waals surface area contributed by atoms with Gasteiger partial charge in [0, 0.05) is 25.7 Å². The Hall–Kier alpha value is -1.94. The van der Waals surface area contributed by atoms with Crippen LogP contribution in [-0.2, 0) is 65.4 Å². The van der Waals surface area contributed by atoms with E-state index in [2.05, 4.69) is 27.7 Å². The van der Waals surface area contributed by atoms with Crippen molar-refractivity contribution in [2.24, 2.45) is 0 Å². The molecular formula is C74H144O17P2. The van der Waals surface area contributed by atoms with Crippen molar-refractivity contribution in [3.05, 3.63) is 0 Å². The van der Waals surface area contributed by atoms with Gasteiger partial charge in [-0.15, -0.1) is 0 Å². The van der Waals surface area contributed by atoms with Crippen LogP contribution in [0, 0.1) is 0 Å². The van der Waals surface area contributed by atoms with E-state index < -0.39 is 97.5 Å². The molecule has 552 valence electrons. The minimum absolute atomic E-state index is 0.107. The van der Waals surface area contributed by atoms with Gasteiger partial charge in [0.25, 0.3) is 0 Å². The summed E-state index contributed by atoms with van der Waals surface area (Å²) in [6.45, 7) is 4.95. The van der Waals surface area contributed by atoms with E-state index in [0.717, 1.165) is 89.9 Å². The second-order valence-electron chi connectivity index (χ2n) is 26.7. The predicted molar refractivity (Wildman–Crippen MR) is 377 cm³/mol. The molecule has 0 bridgehead atoms. The van der Waals surface area contributed by atoms with Gasteiger partial charge in [-0.25, -0.2) is 9.13 Å². The first-order valence-corrected chi connectivity index (χ1v) is 41.8. The fourth-order valence-corrected chi connectivity index (χ4v) is 13.0. The van der Waals surface area contributed by atoms with Crippen LogP contribution in [0.5, 0.6) is 0 Å². The molecule has 2 unspecified atom stereocenters. The number of unbranched alkanes of at least 4 members (excludes halogenated alkanes) is 49. The fraction of sp³-hybridized carbons (Fsp3) is 0.946. The minimum Gasteiger partial charge on any atom is -0.462 e. The monoisotopic (exact) mass is 1370 g/mol. The largest absolute Gasteiger partial charge is 0.472 e. The topological polar surface area (TPSA) is 237 Å². The molecule has 5 atom stereocenters. The van der Waals surface area contributed by atoms with Crippen LogP contribution in [-0.4, -0.2) is 96.7 Å². The first kappa shape index (κ1) is 91.1. The average molecular weight is 1370 g/mol. The Labute approximate surface area is 568 Å². The maximum Gasteiger partial charge on any atom is 0.472 e. The highest BCUT2D eigenvalue weighted by molar-refractivity contribution is 7.47. The van der Waals surface area contributed by atoms with Gasteiger partial charge < -0.3 is 33.8 Å². The predicted octanol–water partition coefficient (Wildman–Crippen LogP) is 21.8. The molecule has 0 spiro atoms. The van der Waals surface area contributed by atoms with Gasteiger partial charge in [-0.2, -0.15) is 0 Å². The lowest BCUT2D eigenvalue weighted by molar-refractivity contribution is -0.161. The van der Waals surface area contributed by atoms with Gasteiger partial charge in [-0.3, -0.25) is 37.3 Å². The zero-order valence-corrected chi connectivity index (χ0v) is 62.0. The summed E-state index contributed by atoms with van der Waals surface area (Å²) in [4.78, 5) is 72.6. The first-order valence-electron chi connectivity index (χ1n) is 38.8. The Morgan fingerprint density at radius 3 is 0.634 bits per heavy atom. The number of hydrogen-bond acceptors (Lipinski definition) is 15. The van der Waals surface area contributed by atoms with E-state index in [1.54, 1.807) is 0 Å². The van der Waals surface area contributed by atoms with Crippen molar-refractivity contribution in [3.63, 3.8) is 0 Å². The Morgan fingerprint density at radius 1 is 0.258 bits per heavy atom. The maximum absolute atomic E-state index is 13.1. The van der Waals surface area contributed by atoms with Crippen molar-refractivity contribution < 1.29 is 80.2 Å². The molecule has 0 rings (SSSR count). The summed E-state index contributed by atoms with van der Waals surface area (Å²) in [7, 11) is -9.90. The van der Waals surface area contributed by atoms with E-state index in [9.17, 15) is 43.2 Å². The van der Waals surface area contributed by atoms with Crippen molar-refractivity contribution in [1.82, 2.24) is 0 Å².